The van der Waals surface area contributed by atoms with Crippen molar-refractivity contribution in [2.45, 2.75) is 45.3 Å². The molecule has 0 aliphatic rings. The number of aliphatic hydroxyl groups excluding tert-OH is 1. The molecule has 0 fully saturated rings. The first kappa shape index (κ1) is 18.5. The standard InChI is InChI=1S/C21H29NO2/c1-16(17-10-6-5-7-11-17)22-14-18(23)15-24-20-13-9-8-12-19(20)21(2,3)4/h5-13,16,18,22-23H,14-15H2,1-4H3/t16-,18+/m1/s1. The van der Waals surface area contributed by atoms with Gasteiger partial charge in [0.05, 0.1) is 0 Å². The molecular formula is C21H29NO2. The van der Waals surface area contributed by atoms with Crippen molar-refractivity contribution in [3.8, 4) is 5.75 Å². The van der Waals surface area contributed by atoms with E-state index in [0.29, 0.717) is 6.54 Å². The molecule has 2 N–H and O–H groups in total. The summed E-state index contributed by atoms with van der Waals surface area (Å²) in [5, 5.41) is 13.6. The number of hydrogen-bond donors (Lipinski definition) is 2. The summed E-state index contributed by atoms with van der Waals surface area (Å²) in [4.78, 5) is 0. The van der Waals surface area contributed by atoms with Crippen molar-refractivity contribution in [2.24, 2.45) is 0 Å². The molecular weight excluding hydrogens is 298 g/mol. The number of ether oxygens (including phenoxy) is 1. The van der Waals surface area contributed by atoms with Crippen LogP contribution in [0.4, 0.5) is 0 Å². The SMILES string of the molecule is C[C@@H](NC[C@H](O)COc1ccccc1C(C)(C)C)c1ccccc1. The van der Waals surface area contributed by atoms with Gasteiger partial charge in [0, 0.05) is 12.6 Å². The van der Waals surface area contributed by atoms with E-state index < -0.39 is 6.10 Å². The molecule has 2 atom stereocenters. The predicted molar refractivity (Wildman–Crippen MR) is 99.5 cm³/mol. The summed E-state index contributed by atoms with van der Waals surface area (Å²) in [6, 6.07) is 18.5. The van der Waals surface area contributed by atoms with Gasteiger partial charge in [-0.05, 0) is 29.5 Å². The molecule has 0 saturated heterocycles. The third kappa shape index (κ3) is 5.36. The van der Waals surface area contributed by atoms with E-state index in [0.717, 1.165) is 11.3 Å². The predicted octanol–water partition coefficient (Wildman–Crippen LogP) is 4.07. The van der Waals surface area contributed by atoms with Gasteiger partial charge in [-0.1, -0.05) is 69.3 Å². The highest BCUT2D eigenvalue weighted by Crippen LogP contribution is 2.30. The first-order chi connectivity index (χ1) is 11.4. The number of hydrogen-bond acceptors (Lipinski definition) is 3. The second-order valence-electron chi connectivity index (χ2n) is 7.25. The van der Waals surface area contributed by atoms with E-state index in [2.05, 4.69) is 51.2 Å². The van der Waals surface area contributed by atoms with Gasteiger partial charge in [-0.25, -0.2) is 0 Å². The molecule has 0 aliphatic heterocycles. The Kier molecular flexibility index (Phi) is 6.41. The van der Waals surface area contributed by atoms with E-state index in [-0.39, 0.29) is 18.1 Å². The molecule has 0 saturated carbocycles. The Morgan fingerprint density at radius 3 is 2.29 bits per heavy atom. The largest absolute Gasteiger partial charge is 0.491 e. The molecule has 0 spiro atoms. The molecule has 0 aromatic heterocycles. The molecule has 3 nitrogen and oxygen atoms in total. The highest BCUT2D eigenvalue weighted by molar-refractivity contribution is 5.38. The van der Waals surface area contributed by atoms with Crippen LogP contribution in [0.3, 0.4) is 0 Å². The average molecular weight is 327 g/mol. The Labute approximate surface area is 145 Å². The summed E-state index contributed by atoms with van der Waals surface area (Å²) >= 11 is 0. The van der Waals surface area contributed by atoms with Crippen LogP contribution in [-0.2, 0) is 5.41 Å². The van der Waals surface area contributed by atoms with E-state index in [1.165, 1.54) is 5.56 Å². The lowest BCUT2D eigenvalue weighted by Crippen LogP contribution is -2.33. The Bertz CT molecular complexity index is 619. The zero-order valence-electron chi connectivity index (χ0n) is 15.1. The average Bonchev–Trinajstić information content (AvgIpc) is 2.58. The van der Waals surface area contributed by atoms with Crippen molar-refractivity contribution in [3.63, 3.8) is 0 Å². The maximum atomic E-state index is 10.2. The fourth-order valence-corrected chi connectivity index (χ4v) is 2.63. The number of rotatable bonds is 7. The zero-order valence-corrected chi connectivity index (χ0v) is 15.1. The van der Waals surface area contributed by atoms with Crippen LogP contribution >= 0.6 is 0 Å². The Morgan fingerprint density at radius 1 is 1.00 bits per heavy atom. The topological polar surface area (TPSA) is 41.5 Å². The summed E-state index contributed by atoms with van der Waals surface area (Å²) in [5.74, 6) is 0.847. The van der Waals surface area contributed by atoms with Crippen LogP contribution in [0.1, 0.15) is 44.9 Å². The summed E-state index contributed by atoms with van der Waals surface area (Å²) in [6.07, 6.45) is -0.552. The van der Waals surface area contributed by atoms with Gasteiger partial charge in [-0.2, -0.15) is 0 Å². The van der Waals surface area contributed by atoms with E-state index in [4.69, 9.17) is 4.74 Å². The van der Waals surface area contributed by atoms with Gasteiger partial charge in [0.1, 0.15) is 18.5 Å². The number of nitrogens with one attached hydrogen (secondary N) is 1. The third-order valence-electron chi connectivity index (χ3n) is 4.09. The monoisotopic (exact) mass is 327 g/mol. The number of para-hydroxylation sites is 1. The normalized spacial score (nSPS) is 14.2. The van der Waals surface area contributed by atoms with Crippen molar-refractivity contribution >= 4 is 0 Å². The fraction of sp³-hybridized carbons (Fsp3) is 0.429. The van der Waals surface area contributed by atoms with Gasteiger partial charge < -0.3 is 15.2 Å². The van der Waals surface area contributed by atoms with Crippen LogP contribution in [0.5, 0.6) is 5.75 Å². The Balaban J connectivity index is 1.85. The molecule has 0 amide bonds. The highest BCUT2D eigenvalue weighted by Gasteiger charge is 2.19. The van der Waals surface area contributed by atoms with E-state index in [1.54, 1.807) is 0 Å². The van der Waals surface area contributed by atoms with Gasteiger partial charge in [-0.3, -0.25) is 0 Å². The maximum absolute atomic E-state index is 10.2. The van der Waals surface area contributed by atoms with Gasteiger partial charge in [0.25, 0.3) is 0 Å². The van der Waals surface area contributed by atoms with Crippen molar-refractivity contribution in [1.82, 2.24) is 5.32 Å². The van der Waals surface area contributed by atoms with Crippen LogP contribution in [0, 0.1) is 0 Å². The minimum Gasteiger partial charge on any atom is -0.491 e. The molecule has 0 radical (unpaired) electrons. The minimum atomic E-state index is -0.552. The summed E-state index contributed by atoms with van der Waals surface area (Å²) in [7, 11) is 0. The van der Waals surface area contributed by atoms with Crippen molar-refractivity contribution < 1.29 is 9.84 Å². The fourth-order valence-electron chi connectivity index (χ4n) is 2.63. The van der Waals surface area contributed by atoms with Gasteiger partial charge in [0.2, 0.25) is 0 Å². The van der Waals surface area contributed by atoms with Crippen molar-refractivity contribution in [3.05, 3.63) is 65.7 Å². The lowest BCUT2D eigenvalue weighted by Gasteiger charge is -2.24. The quantitative estimate of drug-likeness (QED) is 0.805. The van der Waals surface area contributed by atoms with Crippen LogP contribution in [-0.4, -0.2) is 24.4 Å². The molecule has 2 aromatic carbocycles. The zero-order chi connectivity index (χ0) is 17.6. The molecule has 24 heavy (non-hydrogen) atoms. The lowest BCUT2D eigenvalue weighted by atomic mass is 9.86. The molecule has 2 rings (SSSR count). The third-order valence-corrected chi connectivity index (χ3v) is 4.09. The molecule has 3 heteroatoms. The van der Waals surface area contributed by atoms with Gasteiger partial charge in [-0.15, -0.1) is 0 Å². The first-order valence-corrected chi connectivity index (χ1v) is 8.56. The second kappa shape index (κ2) is 8.32. The molecule has 0 unspecified atom stereocenters. The summed E-state index contributed by atoms with van der Waals surface area (Å²) < 4.78 is 5.87. The van der Waals surface area contributed by atoms with Crippen LogP contribution < -0.4 is 10.1 Å². The van der Waals surface area contributed by atoms with E-state index >= 15 is 0 Å². The smallest absolute Gasteiger partial charge is 0.123 e. The summed E-state index contributed by atoms with van der Waals surface area (Å²) in [6.45, 7) is 9.35. The second-order valence-corrected chi connectivity index (χ2v) is 7.25. The first-order valence-electron chi connectivity index (χ1n) is 8.56. The maximum Gasteiger partial charge on any atom is 0.123 e. The highest BCUT2D eigenvalue weighted by atomic mass is 16.5. The van der Waals surface area contributed by atoms with Gasteiger partial charge >= 0.3 is 0 Å². The van der Waals surface area contributed by atoms with E-state index in [9.17, 15) is 5.11 Å². The van der Waals surface area contributed by atoms with Crippen molar-refractivity contribution in [1.29, 1.82) is 0 Å². The Hall–Kier alpha value is -1.84. The lowest BCUT2D eigenvalue weighted by molar-refractivity contribution is 0.103. The summed E-state index contributed by atoms with van der Waals surface area (Å²) in [5.41, 5.74) is 2.38. The van der Waals surface area contributed by atoms with Crippen LogP contribution in [0.25, 0.3) is 0 Å². The number of aliphatic hydroxyl groups is 1. The molecule has 130 valence electrons. The van der Waals surface area contributed by atoms with E-state index in [1.807, 2.05) is 36.4 Å². The van der Waals surface area contributed by atoms with Crippen LogP contribution in [0.15, 0.2) is 54.6 Å². The molecule has 0 bridgehead atoms. The molecule has 0 heterocycles. The Morgan fingerprint density at radius 2 is 1.62 bits per heavy atom. The minimum absolute atomic E-state index is 0.0155. The van der Waals surface area contributed by atoms with Crippen LogP contribution in [0.2, 0.25) is 0 Å². The molecule has 2 aromatic rings. The number of benzene rings is 2. The molecule has 0 aliphatic carbocycles. The van der Waals surface area contributed by atoms with Gasteiger partial charge in [0.15, 0.2) is 0 Å². The van der Waals surface area contributed by atoms with Crippen molar-refractivity contribution in [2.75, 3.05) is 13.2 Å².